The Balaban J connectivity index is 1.65. The molecule has 2 N–H and O–H groups in total. The molecule has 0 unspecified atom stereocenters. The number of piperazine rings is 1. The van der Waals surface area contributed by atoms with Gasteiger partial charge in [0, 0.05) is 37.9 Å². The zero-order valence-corrected chi connectivity index (χ0v) is 13.7. The molecule has 0 spiro atoms. The minimum atomic E-state index is -3.75. The maximum Gasteiger partial charge on any atom is 0.253 e. The van der Waals surface area contributed by atoms with Crippen molar-refractivity contribution in [1.82, 2.24) is 15.1 Å². The lowest BCUT2D eigenvalue weighted by atomic mass is 10.2. The summed E-state index contributed by atoms with van der Waals surface area (Å²) in [6.45, 7) is 2.46. The number of sulfonamides is 1. The van der Waals surface area contributed by atoms with Crippen molar-refractivity contribution in [2.75, 3.05) is 31.1 Å². The van der Waals surface area contributed by atoms with Crippen LogP contribution in [0.2, 0.25) is 0 Å². The molecule has 8 nitrogen and oxygen atoms in total. The molecule has 2 aromatic rings. The van der Waals surface area contributed by atoms with Crippen LogP contribution in [-0.4, -0.2) is 55.6 Å². The number of carbonyl (C=O) groups is 1. The molecule has 1 saturated heterocycles. The van der Waals surface area contributed by atoms with Gasteiger partial charge in [0.1, 0.15) is 0 Å². The number of hydrogen-bond donors (Lipinski definition) is 1. The van der Waals surface area contributed by atoms with E-state index in [1.165, 1.54) is 24.3 Å². The molecule has 0 bridgehead atoms. The average molecular weight is 347 g/mol. The largest absolute Gasteiger partial charge is 0.352 e. The van der Waals surface area contributed by atoms with Crippen LogP contribution in [0.1, 0.15) is 10.4 Å². The van der Waals surface area contributed by atoms with Gasteiger partial charge in [-0.25, -0.2) is 13.6 Å². The van der Waals surface area contributed by atoms with E-state index in [0.717, 1.165) is 5.82 Å². The molecule has 0 radical (unpaired) electrons. The third kappa shape index (κ3) is 3.52. The van der Waals surface area contributed by atoms with Crippen LogP contribution < -0.4 is 10.0 Å². The minimum Gasteiger partial charge on any atom is -0.352 e. The molecule has 1 aliphatic heterocycles. The highest BCUT2D eigenvalue weighted by atomic mass is 32.2. The van der Waals surface area contributed by atoms with Crippen molar-refractivity contribution in [1.29, 1.82) is 0 Å². The van der Waals surface area contributed by atoms with Gasteiger partial charge in [0.15, 0.2) is 5.82 Å². The summed E-state index contributed by atoms with van der Waals surface area (Å²) in [5.41, 5.74) is 0.440. The van der Waals surface area contributed by atoms with Gasteiger partial charge in [-0.3, -0.25) is 4.79 Å². The SMILES string of the molecule is NS(=O)(=O)c1ccc(C(=O)N2CCN(c3cccnn3)CC2)cc1. The molecule has 1 aromatic heterocycles. The van der Waals surface area contributed by atoms with Gasteiger partial charge in [0.2, 0.25) is 10.0 Å². The van der Waals surface area contributed by atoms with Crippen LogP contribution in [0, 0.1) is 0 Å². The monoisotopic (exact) mass is 347 g/mol. The standard InChI is InChI=1S/C15H17N5O3S/c16-24(22,23)13-5-3-12(4-6-13)15(21)20-10-8-19(9-11-20)14-2-1-7-17-18-14/h1-7H,8-11H2,(H2,16,22,23). The van der Waals surface area contributed by atoms with E-state index >= 15 is 0 Å². The van der Waals surface area contributed by atoms with Crippen molar-refractivity contribution in [3.8, 4) is 0 Å². The molecular formula is C15H17N5O3S. The second-order valence-electron chi connectivity index (χ2n) is 5.43. The Kier molecular flexibility index (Phi) is 4.45. The average Bonchev–Trinajstić information content (AvgIpc) is 2.61. The lowest BCUT2D eigenvalue weighted by Crippen LogP contribution is -2.49. The fraction of sp³-hybridized carbons (Fsp3) is 0.267. The first-order valence-electron chi connectivity index (χ1n) is 7.40. The number of aromatic nitrogens is 2. The summed E-state index contributed by atoms with van der Waals surface area (Å²) in [4.78, 5) is 16.3. The Morgan fingerprint density at radius 3 is 2.25 bits per heavy atom. The number of amides is 1. The lowest BCUT2D eigenvalue weighted by Gasteiger charge is -2.35. The first-order chi connectivity index (χ1) is 11.4. The van der Waals surface area contributed by atoms with E-state index in [1.54, 1.807) is 11.1 Å². The first kappa shape index (κ1) is 16.3. The molecule has 24 heavy (non-hydrogen) atoms. The van der Waals surface area contributed by atoms with E-state index in [4.69, 9.17) is 5.14 Å². The Labute approximate surface area is 139 Å². The van der Waals surface area contributed by atoms with Crippen molar-refractivity contribution in [3.05, 3.63) is 48.2 Å². The zero-order chi connectivity index (χ0) is 17.2. The molecular weight excluding hydrogens is 330 g/mol. The summed E-state index contributed by atoms with van der Waals surface area (Å²) in [5.74, 6) is 0.664. The highest BCUT2D eigenvalue weighted by Crippen LogP contribution is 2.15. The van der Waals surface area contributed by atoms with E-state index in [1.807, 2.05) is 12.1 Å². The van der Waals surface area contributed by atoms with Crippen LogP contribution in [0.5, 0.6) is 0 Å². The molecule has 3 rings (SSSR count). The molecule has 0 atom stereocenters. The number of primary sulfonamides is 1. The van der Waals surface area contributed by atoms with Crippen molar-refractivity contribution in [3.63, 3.8) is 0 Å². The van der Waals surface area contributed by atoms with Crippen LogP contribution >= 0.6 is 0 Å². The first-order valence-corrected chi connectivity index (χ1v) is 8.94. The smallest absolute Gasteiger partial charge is 0.253 e. The van der Waals surface area contributed by atoms with Crippen molar-refractivity contribution >= 4 is 21.7 Å². The number of nitrogens with two attached hydrogens (primary N) is 1. The molecule has 0 aliphatic carbocycles. The fourth-order valence-electron chi connectivity index (χ4n) is 2.57. The van der Waals surface area contributed by atoms with Crippen LogP contribution in [0.4, 0.5) is 5.82 Å². The van der Waals surface area contributed by atoms with E-state index < -0.39 is 10.0 Å². The highest BCUT2D eigenvalue weighted by molar-refractivity contribution is 7.89. The fourth-order valence-corrected chi connectivity index (χ4v) is 3.09. The number of rotatable bonds is 3. The quantitative estimate of drug-likeness (QED) is 0.842. The van der Waals surface area contributed by atoms with E-state index in [9.17, 15) is 13.2 Å². The van der Waals surface area contributed by atoms with Crippen molar-refractivity contribution in [2.24, 2.45) is 5.14 Å². The zero-order valence-electron chi connectivity index (χ0n) is 12.9. The maximum atomic E-state index is 12.5. The molecule has 2 heterocycles. The lowest BCUT2D eigenvalue weighted by molar-refractivity contribution is 0.0746. The van der Waals surface area contributed by atoms with Gasteiger partial charge in [-0.05, 0) is 36.4 Å². The molecule has 126 valence electrons. The summed E-state index contributed by atoms with van der Waals surface area (Å²) in [7, 11) is -3.75. The predicted molar refractivity (Wildman–Crippen MR) is 88.0 cm³/mol. The normalized spacial score (nSPS) is 15.4. The minimum absolute atomic E-state index is 0.00785. The summed E-state index contributed by atoms with van der Waals surface area (Å²) in [6, 6.07) is 9.37. The van der Waals surface area contributed by atoms with Gasteiger partial charge in [0.05, 0.1) is 4.90 Å². The van der Waals surface area contributed by atoms with Crippen LogP contribution in [0.15, 0.2) is 47.5 Å². The van der Waals surface area contributed by atoms with Crippen molar-refractivity contribution < 1.29 is 13.2 Å². The molecule has 1 fully saturated rings. The van der Waals surface area contributed by atoms with Crippen LogP contribution in [0.25, 0.3) is 0 Å². The molecule has 1 aromatic carbocycles. The summed E-state index contributed by atoms with van der Waals surface area (Å²) < 4.78 is 22.5. The number of carbonyl (C=O) groups excluding carboxylic acids is 1. The third-order valence-corrected chi connectivity index (χ3v) is 4.81. The van der Waals surface area contributed by atoms with Crippen molar-refractivity contribution in [2.45, 2.75) is 4.90 Å². The molecule has 1 amide bonds. The highest BCUT2D eigenvalue weighted by Gasteiger charge is 2.23. The number of benzene rings is 1. The van der Waals surface area contributed by atoms with E-state index in [-0.39, 0.29) is 10.8 Å². The van der Waals surface area contributed by atoms with Gasteiger partial charge in [0.25, 0.3) is 5.91 Å². The van der Waals surface area contributed by atoms with Gasteiger partial charge in [-0.15, -0.1) is 5.10 Å². The summed E-state index contributed by atoms with van der Waals surface area (Å²) >= 11 is 0. The number of nitrogens with zero attached hydrogens (tertiary/aromatic N) is 4. The maximum absolute atomic E-state index is 12.5. The Hall–Kier alpha value is -2.52. The predicted octanol–water partition coefficient (Wildman–Crippen LogP) is 0.0864. The Morgan fingerprint density at radius 2 is 1.71 bits per heavy atom. The number of anilines is 1. The molecule has 1 aliphatic rings. The second-order valence-corrected chi connectivity index (χ2v) is 6.99. The van der Waals surface area contributed by atoms with Crippen LogP contribution in [0.3, 0.4) is 0 Å². The van der Waals surface area contributed by atoms with Gasteiger partial charge in [-0.2, -0.15) is 5.10 Å². The summed E-state index contributed by atoms with van der Waals surface area (Å²) in [5, 5.41) is 13.0. The second kappa shape index (κ2) is 6.54. The van der Waals surface area contributed by atoms with Crippen LogP contribution in [-0.2, 0) is 10.0 Å². The third-order valence-electron chi connectivity index (χ3n) is 3.88. The number of hydrogen-bond acceptors (Lipinski definition) is 6. The molecule has 9 heteroatoms. The topological polar surface area (TPSA) is 109 Å². The van der Waals surface area contributed by atoms with Gasteiger partial charge >= 0.3 is 0 Å². The van der Waals surface area contributed by atoms with Gasteiger partial charge < -0.3 is 9.80 Å². The molecule has 0 saturated carbocycles. The Bertz CT molecular complexity index is 816. The van der Waals surface area contributed by atoms with E-state index in [2.05, 4.69) is 15.1 Å². The Morgan fingerprint density at radius 1 is 1.04 bits per heavy atom. The summed E-state index contributed by atoms with van der Waals surface area (Å²) in [6.07, 6.45) is 1.62. The van der Waals surface area contributed by atoms with E-state index in [0.29, 0.717) is 31.7 Å². The van der Waals surface area contributed by atoms with Gasteiger partial charge in [-0.1, -0.05) is 0 Å².